The third kappa shape index (κ3) is 4.21. The van der Waals surface area contributed by atoms with Crippen LogP contribution in [0.15, 0.2) is 59.4 Å². The molecule has 1 saturated heterocycles. The third-order valence-corrected chi connectivity index (χ3v) is 5.58. The number of nitrogens with zero attached hydrogens (tertiary/aromatic N) is 4. The van der Waals surface area contributed by atoms with Crippen molar-refractivity contribution in [2.24, 2.45) is 0 Å². The lowest BCUT2D eigenvalue weighted by Gasteiger charge is -2.24. The van der Waals surface area contributed by atoms with Crippen LogP contribution in [0.4, 0.5) is 10.1 Å². The summed E-state index contributed by atoms with van der Waals surface area (Å²) in [4.78, 5) is 29.5. The van der Waals surface area contributed by atoms with Crippen molar-refractivity contribution < 1.29 is 9.18 Å². The Hall–Kier alpha value is -3.48. The summed E-state index contributed by atoms with van der Waals surface area (Å²) < 4.78 is 15.6. The second-order valence-corrected chi connectivity index (χ2v) is 7.85. The van der Waals surface area contributed by atoms with Gasteiger partial charge >= 0.3 is 0 Å². The standard InChI is InChI=1S/C24H25FN4O2/c1-17-15-22(30)23(26-29(17)21-12-6-4-10-19(21)25)24(31)27(2)16-18-9-3-5-11-20(18)28-13-7-8-14-28/h3-6,9-12,15H,7-8,13-14,16H2,1-2H3. The summed E-state index contributed by atoms with van der Waals surface area (Å²) >= 11 is 0. The largest absolute Gasteiger partial charge is 0.371 e. The Bertz CT molecular complexity index is 1170. The van der Waals surface area contributed by atoms with E-state index in [1.54, 1.807) is 32.2 Å². The Balaban J connectivity index is 1.64. The lowest BCUT2D eigenvalue weighted by molar-refractivity contribution is 0.0776. The molecule has 0 atom stereocenters. The van der Waals surface area contributed by atoms with Gasteiger partial charge < -0.3 is 9.80 Å². The molecule has 2 aromatic carbocycles. The van der Waals surface area contributed by atoms with E-state index >= 15 is 0 Å². The van der Waals surface area contributed by atoms with Crippen LogP contribution in [-0.2, 0) is 6.54 Å². The molecule has 1 aliphatic rings. The number of carbonyl (C=O) groups is 1. The first-order valence-electron chi connectivity index (χ1n) is 10.4. The number of aromatic nitrogens is 2. The average molecular weight is 420 g/mol. The molecule has 7 heteroatoms. The molecule has 31 heavy (non-hydrogen) atoms. The van der Waals surface area contributed by atoms with Crippen LogP contribution in [0.1, 0.15) is 34.6 Å². The lowest BCUT2D eigenvalue weighted by atomic mass is 10.1. The molecule has 4 rings (SSSR count). The van der Waals surface area contributed by atoms with Gasteiger partial charge in [0.2, 0.25) is 5.43 Å². The number of hydrogen-bond donors (Lipinski definition) is 0. The Morgan fingerprint density at radius 1 is 1.06 bits per heavy atom. The van der Waals surface area contributed by atoms with Crippen molar-refractivity contribution in [2.45, 2.75) is 26.3 Å². The predicted octanol–water partition coefficient (Wildman–Crippen LogP) is 3.55. The zero-order chi connectivity index (χ0) is 22.0. The quantitative estimate of drug-likeness (QED) is 0.633. The van der Waals surface area contributed by atoms with Crippen LogP contribution in [0.2, 0.25) is 0 Å². The third-order valence-electron chi connectivity index (χ3n) is 5.58. The number of rotatable bonds is 5. The van der Waals surface area contributed by atoms with E-state index in [-0.39, 0.29) is 11.4 Å². The molecule has 0 spiro atoms. The number of aryl methyl sites for hydroxylation is 1. The maximum Gasteiger partial charge on any atom is 0.278 e. The van der Waals surface area contributed by atoms with Gasteiger partial charge in [-0.25, -0.2) is 9.07 Å². The molecule has 0 N–H and O–H groups in total. The van der Waals surface area contributed by atoms with Gasteiger partial charge in [-0.1, -0.05) is 30.3 Å². The minimum Gasteiger partial charge on any atom is -0.371 e. The van der Waals surface area contributed by atoms with Gasteiger partial charge in [0.1, 0.15) is 11.5 Å². The van der Waals surface area contributed by atoms with Crippen molar-refractivity contribution in [3.05, 3.63) is 87.6 Å². The molecule has 1 amide bonds. The molecule has 0 saturated carbocycles. The first kappa shape index (κ1) is 20.8. The average Bonchev–Trinajstić information content (AvgIpc) is 3.29. The maximum absolute atomic E-state index is 14.3. The van der Waals surface area contributed by atoms with Gasteiger partial charge in [0.05, 0.1) is 0 Å². The summed E-state index contributed by atoms with van der Waals surface area (Å²) in [6.07, 6.45) is 2.32. The summed E-state index contributed by atoms with van der Waals surface area (Å²) in [6.45, 7) is 4.01. The topological polar surface area (TPSA) is 58.4 Å². The van der Waals surface area contributed by atoms with E-state index in [4.69, 9.17) is 0 Å². The van der Waals surface area contributed by atoms with Crippen LogP contribution in [-0.4, -0.2) is 40.7 Å². The molecular weight excluding hydrogens is 395 g/mol. The van der Waals surface area contributed by atoms with Crippen molar-refractivity contribution in [3.63, 3.8) is 0 Å². The van der Waals surface area contributed by atoms with Gasteiger partial charge in [-0.3, -0.25) is 9.59 Å². The SMILES string of the molecule is Cc1cc(=O)c(C(=O)N(C)Cc2ccccc2N2CCCC2)nn1-c1ccccc1F. The number of benzene rings is 2. The fraction of sp³-hybridized carbons (Fsp3) is 0.292. The number of carbonyl (C=O) groups excluding carboxylic acids is 1. The zero-order valence-electron chi connectivity index (χ0n) is 17.7. The zero-order valence-corrected chi connectivity index (χ0v) is 17.7. The summed E-state index contributed by atoms with van der Waals surface area (Å²) in [5.74, 6) is -0.973. The van der Waals surface area contributed by atoms with Gasteiger partial charge in [-0.2, -0.15) is 5.10 Å². The normalized spacial score (nSPS) is 13.5. The van der Waals surface area contributed by atoms with E-state index < -0.39 is 17.2 Å². The maximum atomic E-state index is 14.3. The van der Waals surface area contributed by atoms with Gasteiger partial charge in [0, 0.05) is 44.1 Å². The Morgan fingerprint density at radius 3 is 2.42 bits per heavy atom. The first-order valence-corrected chi connectivity index (χ1v) is 10.4. The molecule has 0 radical (unpaired) electrons. The molecule has 160 valence electrons. The molecule has 0 unspecified atom stereocenters. The Labute approximate surface area is 180 Å². The van der Waals surface area contributed by atoms with Crippen LogP contribution < -0.4 is 10.3 Å². The smallest absolute Gasteiger partial charge is 0.278 e. The molecule has 1 aliphatic heterocycles. The van der Waals surface area contributed by atoms with Crippen LogP contribution in [0.25, 0.3) is 5.69 Å². The van der Waals surface area contributed by atoms with Crippen LogP contribution in [0.3, 0.4) is 0 Å². The molecule has 3 aromatic rings. The molecule has 0 bridgehead atoms. The minimum absolute atomic E-state index is 0.191. The number of anilines is 1. The summed E-state index contributed by atoms with van der Waals surface area (Å²) in [5, 5.41) is 4.23. The lowest BCUT2D eigenvalue weighted by Crippen LogP contribution is -2.34. The van der Waals surface area contributed by atoms with E-state index in [0.29, 0.717) is 12.2 Å². The Kier molecular flexibility index (Phi) is 5.84. The molecular formula is C24H25FN4O2. The van der Waals surface area contributed by atoms with Gasteiger partial charge in [-0.05, 0) is 43.5 Å². The van der Waals surface area contributed by atoms with Crippen LogP contribution in [0.5, 0.6) is 0 Å². The highest BCUT2D eigenvalue weighted by molar-refractivity contribution is 5.92. The van der Waals surface area contributed by atoms with Crippen molar-refractivity contribution >= 4 is 11.6 Å². The van der Waals surface area contributed by atoms with Gasteiger partial charge in [-0.15, -0.1) is 0 Å². The molecule has 2 heterocycles. The first-order chi connectivity index (χ1) is 15.0. The monoisotopic (exact) mass is 420 g/mol. The number of halogens is 1. The molecule has 0 aliphatic carbocycles. The summed E-state index contributed by atoms with van der Waals surface area (Å²) in [6, 6.07) is 15.5. The van der Waals surface area contributed by atoms with E-state index in [1.807, 2.05) is 18.2 Å². The molecule has 1 aromatic heterocycles. The van der Waals surface area contributed by atoms with Crippen LogP contribution >= 0.6 is 0 Å². The van der Waals surface area contributed by atoms with Crippen molar-refractivity contribution in [1.29, 1.82) is 0 Å². The van der Waals surface area contributed by atoms with E-state index in [0.717, 1.165) is 37.2 Å². The van der Waals surface area contributed by atoms with Gasteiger partial charge in [0.15, 0.2) is 5.69 Å². The van der Waals surface area contributed by atoms with E-state index in [9.17, 15) is 14.0 Å². The molecule has 1 fully saturated rings. The minimum atomic E-state index is -0.494. The number of amides is 1. The summed E-state index contributed by atoms with van der Waals surface area (Å²) in [5.41, 5.74) is 2.07. The van der Waals surface area contributed by atoms with E-state index in [2.05, 4.69) is 16.1 Å². The van der Waals surface area contributed by atoms with E-state index in [1.165, 1.54) is 21.7 Å². The second-order valence-electron chi connectivity index (χ2n) is 7.85. The second kappa shape index (κ2) is 8.71. The predicted molar refractivity (Wildman–Crippen MR) is 118 cm³/mol. The molecule has 6 nitrogen and oxygen atoms in total. The highest BCUT2D eigenvalue weighted by Gasteiger charge is 2.22. The fourth-order valence-corrected chi connectivity index (χ4v) is 3.98. The highest BCUT2D eigenvalue weighted by atomic mass is 19.1. The Morgan fingerprint density at radius 2 is 1.71 bits per heavy atom. The fourth-order valence-electron chi connectivity index (χ4n) is 3.98. The van der Waals surface area contributed by atoms with Crippen molar-refractivity contribution in [1.82, 2.24) is 14.7 Å². The summed E-state index contributed by atoms with van der Waals surface area (Å²) in [7, 11) is 1.65. The van der Waals surface area contributed by atoms with Crippen LogP contribution in [0, 0.1) is 12.7 Å². The van der Waals surface area contributed by atoms with Crippen molar-refractivity contribution in [3.8, 4) is 5.69 Å². The van der Waals surface area contributed by atoms with Crippen molar-refractivity contribution in [2.75, 3.05) is 25.0 Å². The van der Waals surface area contributed by atoms with Gasteiger partial charge in [0.25, 0.3) is 5.91 Å². The number of para-hydroxylation sites is 2. The number of hydrogen-bond acceptors (Lipinski definition) is 4. The highest BCUT2D eigenvalue weighted by Crippen LogP contribution is 2.25.